The van der Waals surface area contributed by atoms with Crippen LogP contribution in [0.5, 0.6) is 0 Å². The van der Waals surface area contributed by atoms with Crippen LogP contribution in [0.15, 0.2) is 21.7 Å². The van der Waals surface area contributed by atoms with Gasteiger partial charge in [0.1, 0.15) is 0 Å². The molecule has 0 saturated carbocycles. The van der Waals surface area contributed by atoms with E-state index in [0.717, 1.165) is 4.57 Å². The summed E-state index contributed by atoms with van der Waals surface area (Å²) in [6, 6.07) is 2.68. The van der Waals surface area contributed by atoms with Crippen molar-refractivity contribution >= 4 is 16.7 Å². The second-order valence-electron chi connectivity index (χ2n) is 3.78. The quantitative estimate of drug-likeness (QED) is 0.434. The number of nitro groups is 1. The van der Waals surface area contributed by atoms with Gasteiger partial charge >= 0.3 is 11.1 Å². The molecule has 94 valence electrons. The minimum Gasteiger partial charge on any atom is -0.316 e. The third-order valence-electron chi connectivity index (χ3n) is 2.67. The van der Waals surface area contributed by atoms with E-state index >= 15 is 0 Å². The number of nitrogens with two attached hydrogens (primary N) is 1. The zero-order chi connectivity index (χ0) is 13.4. The molecule has 18 heavy (non-hydrogen) atoms. The molecule has 0 atom stereocenters. The smallest absolute Gasteiger partial charge is 0.316 e. The van der Waals surface area contributed by atoms with Gasteiger partial charge in [0.05, 0.1) is 22.6 Å². The summed E-state index contributed by atoms with van der Waals surface area (Å²) in [4.78, 5) is 35.6. The average Bonchev–Trinajstić information content (AvgIpc) is 2.30. The van der Waals surface area contributed by atoms with Gasteiger partial charge in [-0.2, -0.15) is 0 Å². The standard InChI is InChI=1S/C10H10N4O4/c1-5-2-6-8(3-7(5)14(17)18)13(4-11)10(16)9(15)12-6/h2-3H,4,11H2,1H3,(H,12,15). The number of aromatic amines is 1. The Labute approximate surface area is 99.8 Å². The van der Waals surface area contributed by atoms with Crippen molar-refractivity contribution in [3.05, 3.63) is 48.5 Å². The van der Waals surface area contributed by atoms with Crippen molar-refractivity contribution in [1.29, 1.82) is 0 Å². The molecule has 0 saturated heterocycles. The highest BCUT2D eigenvalue weighted by Gasteiger charge is 2.15. The molecule has 0 amide bonds. The number of hydrogen-bond acceptors (Lipinski definition) is 5. The van der Waals surface area contributed by atoms with Gasteiger partial charge in [0, 0.05) is 11.6 Å². The van der Waals surface area contributed by atoms with Gasteiger partial charge in [-0.1, -0.05) is 0 Å². The van der Waals surface area contributed by atoms with Gasteiger partial charge in [-0.3, -0.25) is 24.3 Å². The van der Waals surface area contributed by atoms with Crippen LogP contribution in [0.1, 0.15) is 5.56 Å². The highest BCUT2D eigenvalue weighted by atomic mass is 16.6. The van der Waals surface area contributed by atoms with Crippen molar-refractivity contribution in [1.82, 2.24) is 9.55 Å². The summed E-state index contributed by atoms with van der Waals surface area (Å²) in [5, 5.41) is 10.8. The highest BCUT2D eigenvalue weighted by molar-refractivity contribution is 5.79. The maximum absolute atomic E-state index is 11.5. The number of aromatic nitrogens is 2. The fourth-order valence-corrected chi connectivity index (χ4v) is 1.79. The van der Waals surface area contributed by atoms with Crippen LogP contribution in [-0.2, 0) is 6.67 Å². The number of nitrogens with zero attached hydrogens (tertiary/aromatic N) is 2. The Morgan fingerprint density at radius 1 is 1.44 bits per heavy atom. The van der Waals surface area contributed by atoms with Crippen LogP contribution in [0, 0.1) is 17.0 Å². The number of fused-ring (bicyclic) bond motifs is 1. The fraction of sp³-hybridized carbons (Fsp3) is 0.200. The van der Waals surface area contributed by atoms with Crippen LogP contribution < -0.4 is 16.9 Å². The van der Waals surface area contributed by atoms with E-state index in [1.165, 1.54) is 12.1 Å². The predicted octanol–water partition coefficient (Wildman–Crippen LogP) is -0.177. The Morgan fingerprint density at radius 2 is 2.11 bits per heavy atom. The molecule has 1 aromatic heterocycles. The van der Waals surface area contributed by atoms with E-state index in [2.05, 4.69) is 4.98 Å². The zero-order valence-corrected chi connectivity index (χ0v) is 9.47. The van der Waals surface area contributed by atoms with Crippen molar-refractivity contribution < 1.29 is 4.92 Å². The molecule has 2 rings (SSSR count). The number of H-pyrrole nitrogens is 1. The topological polar surface area (TPSA) is 124 Å². The van der Waals surface area contributed by atoms with Crippen molar-refractivity contribution in [2.45, 2.75) is 13.6 Å². The summed E-state index contributed by atoms with van der Waals surface area (Å²) in [6.45, 7) is 1.33. The SMILES string of the molecule is Cc1cc2[nH]c(=O)c(=O)n(CN)c2cc1[N+](=O)[O-]. The maximum atomic E-state index is 11.5. The Morgan fingerprint density at radius 3 is 2.67 bits per heavy atom. The number of aryl methyl sites for hydroxylation is 1. The summed E-state index contributed by atoms with van der Waals surface area (Å²) < 4.78 is 1.00. The molecular formula is C10H10N4O4. The molecule has 1 heterocycles. The third-order valence-corrected chi connectivity index (χ3v) is 2.67. The molecule has 0 radical (unpaired) electrons. The summed E-state index contributed by atoms with van der Waals surface area (Å²) >= 11 is 0. The Hall–Kier alpha value is -2.48. The second kappa shape index (κ2) is 4.08. The van der Waals surface area contributed by atoms with Crippen LogP contribution in [0.25, 0.3) is 11.0 Å². The molecule has 1 aromatic carbocycles. The minimum atomic E-state index is -0.830. The van der Waals surface area contributed by atoms with Crippen LogP contribution in [0.4, 0.5) is 5.69 Å². The monoisotopic (exact) mass is 250 g/mol. The Kier molecular flexibility index (Phi) is 2.71. The number of benzene rings is 1. The molecule has 0 bridgehead atoms. The second-order valence-corrected chi connectivity index (χ2v) is 3.78. The van der Waals surface area contributed by atoms with Gasteiger partial charge in [0.25, 0.3) is 5.69 Å². The van der Waals surface area contributed by atoms with Crippen molar-refractivity contribution in [2.24, 2.45) is 5.73 Å². The number of hydrogen-bond donors (Lipinski definition) is 2. The Balaban J connectivity index is 2.99. The molecule has 0 aliphatic heterocycles. The fourth-order valence-electron chi connectivity index (χ4n) is 1.79. The molecule has 2 aromatic rings. The summed E-state index contributed by atoms with van der Waals surface area (Å²) in [6.07, 6.45) is 0. The van der Waals surface area contributed by atoms with E-state index in [-0.39, 0.29) is 17.9 Å². The predicted molar refractivity (Wildman–Crippen MR) is 64.4 cm³/mol. The zero-order valence-electron chi connectivity index (χ0n) is 9.47. The largest absolute Gasteiger partial charge is 0.317 e. The van der Waals surface area contributed by atoms with E-state index in [0.29, 0.717) is 11.1 Å². The minimum absolute atomic E-state index is 0.129. The molecule has 8 nitrogen and oxygen atoms in total. The van der Waals surface area contributed by atoms with Crippen LogP contribution in [0.3, 0.4) is 0 Å². The first-order chi connectivity index (χ1) is 8.45. The lowest BCUT2D eigenvalue weighted by Crippen LogP contribution is -2.38. The first-order valence-corrected chi connectivity index (χ1v) is 5.07. The van der Waals surface area contributed by atoms with Gasteiger partial charge in [0.2, 0.25) is 0 Å². The maximum Gasteiger partial charge on any atom is 0.317 e. The molecule has 3 N–H and O–H groups in total. The van der Waals surface area contributed by atoms with Gasteiger partial charge < -0.3 is 10.7 Å². The normalized spacial score (nSPS) is 10.8. The molecule has 8 heteroatoms. The van der Waals surface area contributed by atoms with E-state index in [1.807, 2.05) is 0 Å². The highest BCUT2D eigenvalue weighted by Crippen LogP contribution is 2.22. The van der Waals surface area contributed by atoms with Gasteiger partial charge in [0.15, 0.2) is 0 Å². The summed E-state index contributed by atoms with van der Waals surface area (Å²) in [5.74, 6) is 0. The number of nitrogens with one attached hydrogen (secondary N) is 1. The first-order valence-electron chi connectivity index (χ1n) is 5.07. The number of rotatable bonds is 2. The average molecular weight is 250 g/mol. The van der Waals surface area contributed by atoms with E-state index in [4.69, 9.17) is 5.73 Å². The lowest BCUT2D eigenvalue weighted by atomic mass is 10.1. The van der Waals surface area contributed by atoms with Crippen LogP contribution in [-0.4, -0.2) is 14.5 Å². The Bertz CT molecular complexity index is 759. The lowest BCUT2D eigenvalue weighted by molar-refractivity contribution is -0.385. The molecule has 0 aliphatic rings. The number of nitro benzene ring substituents is 1. The molecule has 0 fully saturated rings. The van der Waals surface area contributed by atoms with Gasteiger partial charge in [-0.15, -0.1) is 0 Å². The molecular weight excluding hydrogens is 240 g/mol. The van der Waals surface area contributed by atoms with E-state index in [1.54, 1.807) is 6.92 Å². The molecule has 0 unspecified atom stereocenters. The van der Waals surface area contributed by atoms with Gasteiger partial charge in [-0.25, -0.2) is 0 Å². The molecule has 0 aliphatic carbocycles. The third kappa shape index (κ3) is 1.68. The van der Waals surface area contributed by atoms with Gasteiger partial charge in [-0.05, 0) is 13.0 Å². The van der Waals surface area contributed by atoms with Crippen LogP contribution in [0.2, 0.25) is 0 Å². The first kappa shape index (κ1) is 12.0. The van der Waals surface area contributed by atoms with Crippen molar-refractivity contribution in [3.8, 4) is 0 Å². The van der Waals surface area contributed by atoms with Crippen molar-refractivity contribution in [2.75, 3.05) is 0 Å². The van der Waals surface area contributed by atoms with Crippen molar-refractivity contribution in [3.63, 3.8) is 0 Å². The lowest BCUT2D eigenvalue weighted by Gasteiger charge is -2.07. The van der Waals surface area contributed by atoms with E-state index in [9.17, 15) is 19.7 Å². The van der Waals surface area contributed by atoms with E-state index < -0.39 is 16.0 Å². The summed E-state index contributed by atoms with van der Waals surface area (Å²) in [5.41, 5.74) is 4.60. The molecule has 0 spiro atoms. The van der Waals surface area contributed by atoms with Crippen LogP contribution >= 0.6 is 0 Å². The summed E-state index contributed by atoms with van der Waals surface area (Å²) in [7, 11) is 0.